The van der Waals surface area contributed by atoms with E-state index in [0.717, 1.165) is 18.2 Å². The Kier molecular flexibility index (Phi) is 3.23. The molecule has 0 aliphatic rings. The lowest BCUT2D eigenvalue weighted by molar-refractivity contribution is -0.159. The molecule has 0 aliphatic heterocycles. The molecule has 0 saturated carbocycles. The Morgan fingerprint density at radius 1 is 1.21 bits per heavy atom. The van der Waals surface area contributed by atoms with E-state index in [4.69, 9.17) is 5.73 Å². The van der Waals surface area contributed by atoms with E-state index in [1.807, 2.05) is 0 Å². The van der Waals surface area contributed by atoms with Gasteiger partial charge < -0.3 is 10.3 Å². The zero-order valence-electron chi connectivity index (χ0n) is 9.08. The number of hydrogen-bond acceptors (Lipinski definition) is 4. The Labute approximate surface area is 103 Å². The van der Waals surface area contributed by atoms with E-state index in [1.165, 1.54) is 0 Å². The molecule has 1 heterocycles. The van der Waals surface area contributed by atoms with Crippen molar-refractivity contribution in [3.05, 3.63) is 47.1 Å². The summed E-state index contributed by atoms with van der Waals surface area (Å²) < 4.78 is 67.0. The highest BCUT2D eigenvalue weighted by Gasteiger charge is 2.39. The van der Waals surface area contributed by atoms with Crippen LogP contribution in [0.25, 0.3) is 0 Å². The van der Waals surface area contributed by atoms with Gasteiger partial charge in [-0.3, -0.25) is 0 Å². The van der Waals surface area contributed by atoms with Gasteiger partial charge >= 0.3 is 12.1 Å². The molecule has 2 aromatic rings. The molecule has 2 N–H and O–H groups in total. The maximum absolute atomic E-state index is 13.4. The van der Waals surface area contributed by atoms with Crippen LogP contribution in [-0.2, 0) is 6.18 Å². The van der Waals surface area contributed by atoms with Gasteiger partial charge in [0.15, 0.2) is 5.82 Å². The first-order chi connectivity index (χ1) is 8.79. The van der Waals surface area contributed by atoms with Crippen molar-refractivity contribution in [2.75, 3.05) is 0 Å². The lowest BCUT2D eigenvalue weighted by Gasteiger charge is -2.08. The third-order valence-corrected chi connectivity index (χ3v) is 2.26. The first kappa shape index (κ1) is 13.4. The second-order valence-corrected chi connectivity index (χ2v) is 3.60. The lowest BCUT2D eigenvalue weighted by atomic mass is 10.1. The van der Waals surface area contributed by atoms with Crippen molar-refractivity contribution in [1.82, 2.24) is 10.1 Å². The number of hydrogen-bond donors (Lipinski definition) is 1. The third kappa shape index (κ3) is 2.70. The van der Waals surface area contributed by atoms with Crippen molar-refractivity contribution in [2.45, 2.75) is 12.2 Å². The second-order valence-electron chi connectivity index (χ2n) is 3.60. The van der Waals surface area contributed by atoms with Gasteiger partial charge in [0.2, 0.25) is 0 Å². The molecule has 1 unspecified atom stereocenters. The molecule has 0 saturated heterocycles. The van der Waals surface area contributed by atoms with Crippen LogP contribution in [0.15, 0.2) is 22.7 Å². The van der Waals surface area contributed by atoms with Gasteiger partial charge in [-0.25, -0.2) is 8.78 Å². The fourth-order valence-corrected chi connectivity index (χ4v) is 1.37. The molecule has 1 aromatic heterocycles. The Morgan fingerprint density at radius 2 is 1.89 bits per heavy atom. The molecule has 1 atom stereocenters. The number of aromatic nitrogens is 2. The molecular weight excluding hydrogens is 273 g/mol. The van der Waals surface area contributed by atoms with Crippen molar-refractivity contribution in [3.8, 4) is 0 Å². The van der Waals surface area contributed by atoms with Crippen LogP contribution in [-0.4, -0.2) is 10.1 Å². The molecule has 2 rings (SSSR count). The topological polar surface area (TPSA) is 64.9 Å². The molecule has 0 spiro atoms. The van der Waals surface area contributed by atoms with Crippen LogP contribution < -0.4 is 5.73 Å². The minimum Gasteiger partial charge on any atom is -0.329 e. The SMILES string of the molecule is NC(c1noc(C(F)(F)F)n1)c1cc(F)ccc1F. The third-order valence-electron chi connectivity index (χ3n) is 2.26. The monoisotopic (exact) mass is 279 g/mol. The first-order valence-electron chi connectivity index (χ1n) is 4.90. The smallest absolute Gasteiger partial charge is 0.329 e. The Balaban J connectivity index is 2.36. The summed E-state index contributed by atoms with van der Waals surface area (Å²) in [5.41, 5.74) is 5.12. The van der Waals surface area contributed by atoms with Gasteiger partial charge in [-0.2, -0.15) is 18.2 Å². The largest absolute Gasteiger partial charge is 0.471 e. The number of rotatable bonds is 2. The van der Waals surface area contributed by atoms with Crippen LogP contribution in [0.4, 0.5) is 22.0 Å². The van der Waals surface area contributed by atoms with E-state index in [-0.39, 0.29) is 5.56 Å². The molecule has 1 aromatic carbocycles. The van der Waals surface area contributed by atoms with Crippen LogP contribution in [0.1, 0.15) is 23.3 Å². The predicted molar refractivity (Wildman–Crippen MR) is 51.7 cm³/mol. The summed E-state index contributed by atoms with van der Waals surface area (Å²) in [6.07, 6.45) is -4.83. The molecule has 0 bridgehead atoms. The summed E-state index contributed by atoms with van der Waals surface area (Å²) in [5, 5.41) is 3.01. The van der Waals surface area contributed by atoms with Gasteiger partial charge in [0.25, 0.3) is 0 Å². The van der Waals surface area contributed by atoms with Crippen LogP contribution in [0.3, 0.4) is 0 Å². The molecule has 0 radical (unpaired) electrons. The minimum absolute atomic E-state index is 0.366. The average molecular weight is 279 g/mol. The highest BCUT2D eigenvalue weighted by atomic mass is 19.4. The van der Waals surface area contributed by atoms with Crippen molar-refractivity contribution >= 4 is 0 Å². The molecular formula is C10H6F5N3O. The fraction of sp³-hybridized carbons (Fsp3) is 0.200. The van der Waals surface area contributed by atoms with Crippen molar-refractivity contribution in [1.29, 1.82) is 0 Å². The molecule has 0 fully saturated rings. The van der Waals surface area contributed by atoms with E-state index in [1.54, 1.807) is 0 Å². The van der Waals surface area contributed by atoms with Crippen LogP contribution in [0.5, 0.6) is 0 Å². The zero-order chi connectivity index (χ0) is 14.2. The second kappa shape index (κ2) is 4.57. The van der Waals surface area contributed by atoms with Crippen LogP contribution in [0.2, 0.25) is 0 Å². The van der Waals surface area contributed by atoms with Gasteiger partial charge in [-0.1, -0.05) is 5.16 Å². The van der Waals surface area contributed by atoms with Gasteiger partial charge in [-0.05, 0) is 18.2 Å². The normalized spacial score (nSPS) is 13.6. The van der Waals surface area contributed by atoms with Gasteiger partial charge in [0.1, 0.15) is 11.6 Å². The Bertz CT molecular complexity index is 595. The summed E-state index contributed by atoms with van der Waals surface area (Å²) in [5.74, 6) is -3.86. The molecule has 9 heteroatoms. The van der Waals surface area contributed by atoms with Crippen LogP contribution in [0, 0.1) is 11.6 Å². The van der Waals surface area contributed by atoms with E-state index in [0.29, 0.717) is 0 Å². The van der Waals surface area contributed by atoms with Gasteiger partial charge in [0.05, 0.1) is 6.04 Å². The van der Waals surface area contributed by atoms with Gasteiger partial charge in [0, 0.05) is 5.56 Å². The number of halogens is 5. The Morgan fingerprint density at radius 3 is 2.47 bits per heavy atom. The molecule has 4 nitrogen and oxygen atoms in total. The van der Waals surface area contributed by atoms with Crippen molar-refractivity contribution in [2.24, 2.45) is 5.73 Å². The minimum atomic E-state index is -4.83. The Hall–Kier alpha value is -2.03. The van der Waals surface area contributed by atoms with Crippen molar-refractivity contribution < 1.29 is 26.5 Å². The maximum Gasteiger partial charge on any atom is 0.471 e. The van der Waals surface area contributed by atoms with E-state index >= 15 is 0 Å². The predicted octanol–water partition coefficient (Wildman–Crippen LogP) is 2.41. The number of alkyl halides is 3. The zero-order valence-corrected chi connectivity index (χ0v) is 9.08. The van der Waals surface area contributed by atoms with Gasteiger partial charge in [-0.15, -0.1) is 0 Å². The average Bonchev–Trinajstić information content (AvgIpc) is 2.80. The van der Waals surface area contributed by atoms with Crippen molar-refractivity contribution in [3.63, 3.8) is 0 Å². The lowest BCUT2D eigenvalue weighted by Crippen LogP contribution is -2.16. The molecule has 19 heavy (non-hydrogen) atoms. The first-order valence-corrected chi connectivity index (χ1v) is 4.90. The highest BCUT2D eigenvalue weighted by molar-refractivity contribution is 5.26. The molecule has 0 aliphatic carbocycles. The fourth-order valence-electron chi connectivity index (χ4n) is 1.37. The molecule has 102 valence electrons. The number of benzene rings is 1. The maximum atomic E-state index is 13.4. The summed E-state index contributed by atoms with van der Waals surface area (Å²) in [6.45, 7) is 0. The van der Waals surface area contributed by atoms with Crippen LogP contribution >= 0.6 is 0 Å². The summed E-state index contributed by atoms with van der Waals surface area (Å²) in [7, 11) is 0. The highest BCUT2D eigenvalue weighted by Crippen LogP contribution is 2.29. The van der Waals surface area contributed by atoms with E-state index < -0.39 is 35.6 Å². The number of nitrogens with zero attached hydrogens (tertiary/aromatic N) is 2. The quantitative estimate of drug-likeness (QED) is 0.857. The summed E-state index contributed by atoms with van der Waals surface area (Å²) in [6, 6.07) is 0.942. The summed E-state index contributed by atoms with van der Waals surface area (Å²) >= 11 is 0. The summed E-state index contributed by atoms with van der Waals surface area (Å²) in [4.78, 5) is 3.01. The van der Waals surface area contributed by atoms with E-state index in [9.17, 15) is 22.0 Å². The number of nitrogens with two attached hydrogens (primary N) is 1. The van der Waals surface area contributed by atoms with E-state index in [2.05, 4.69) is 14.7 Å². The standard InChI is InChI=1S/C10H6F5N3O/c11-4-1-2-6(12)5(3-4)7(16)8-17-9(19-18-8)10(13,14)15/h1-3,7H,16H2. The molecule has 0 amide bonds.